The van der Waals surface area contributed by atoms with E-state index in [-0.39, 0.29) is 12.1 Å². The smallest absolute Gasteiger partial charge is 0.338 e. The summed E-state index contributed by atoms with van der Waals surface area (Å²) in [4.78, 5) is 17.2. The Bertz CT molecular complexity index is 1070. The average Bonchev–Trinajstić information content (AvgIpc) is 3.19. The molecule has 1 N–H and O–H groups in total. The molecule has 0 bridgehead atoms. The maximum absolute atomic E-state index is 12.9. The molecule has 0 spiro atoms. The summed E-state index contributed by atoms with van der Waals surface area (Å²) >= 11 is 0. The fourth-order valence-electron chi connectivity index (χ4n) is 3.46. The molecule has 1 aliphatic heterocycles. The van der Waals surface area contributed by atoms with Crippen LogP contribution in [0.3, 0.4) is 0 Å². The Balaban J connectivity index is 1.67. The lowest BCUT2D eigenvalue weighted by Gasteiger charge is -2.28. The van der Waals surface area contributed by atoms with Crippen LogP contribution in [0.1, 0.15) is 37.9 Å². The second kappa shape index (κ2) is 8.41. The van der Waals surface area contributed by atoms with Crippen LogP contribution in [0.5, 0.6) is 5.75 Å². The van der Waals surface area contributed by atoms with Gasteiger partial charge in [-0.1, -0.05) is 42.5 Å². The molecule has 7 heteroatoms. The first kappa shape index (κ1) is 19.7. The molecule has 0 saturated carbocycles. The highest BCUT2D eigenvalue weighted by Crippen LogP contribution is 2.36. The predicted octanol–water partition coefficient (Wildman–Crippen LogP) is 4.10. The van der Waals surface area contributed by atoms with E-state index in [2.05, 4.69) is 15.4 Å². The highest BCUT2D eigenvalue weighted by Gasteiger charge is 2.34. The third-order valence-corrected chi connectivity index (χ3v) is 4.78. The number of aromatic nitrogens is 3. The summed E-state index contributed by atoms with van der Waals surface area (Å²) in [6.07, 6.45) is 1.24. The van der Waals surface area contributed by atoms with Gasteiger partial charge >= 0.3 is 5.97 Å². The van der Waals surface area contributed by atoms with Gasteiger partial charge in [-0.15, -0.1) is 0 Å². The van der Waals surface area contributed by atoms with Gasteiger partial charge in [-0.3, -0.25) is 0 Å². The van der Waals surface area contributed by atoms with E-state index >= 15 is 0 Å². The topological polar surface area (TPSA) is 78.3 Å². The van der Waals surface area contributed by atoms with E-state index in [1.165, 1.54) is 6.33 Å². The van der Waals surface area contributed by atoms with Gasteiger partial charge in [0.25, 0.3) is 0 Å². The van der Waals surface area contributed by atoms with Crippen molar-refractivity contribution >= 4 is 11.9 Å². The van der Waals surface area contributed by atoms with E-state index in [9.17, 15) is 4.79 Å². The van der Waals surface area contributed by atoms with Crippen LogP contribution >= 0.6 is 0 Å². The van der Waals surface area contributed by atoms with Crippen LogP contribution in [-0.2, 0) is 16.1 Å². The van der Waals surface area contributed by atoms with Crippen molar-refractivity contribution in [3.05, 3.63) is 83.3 Å². The molecular weight excluding hydrogens is 380 g/mol. The number of allylic oxidation sites excluding steroid dienone is 1. The van der Waals surface area contributed by atoms with Crippen molar-refractivity contribution in [1.29, 1.82) is 0 Å². The van der Waals surface area contributed by atoms with E-state index in [0.717, 1.165) is 11.1 Å². The number of esters is 1. The second-order valence-corrected chi connectivity index (χ2v) is 7.40. The lowest BCUT2D eigenvalue weighted by Crippen LogP contribution is -2.30. The molecule has 2 aromatic carbocycles. The zero-order valence-corrected chi connectivity index (χ0v) is 17.2. The molecule has 1 atom stereocenters. The number of hydrogen-bond donors (Lipinski definition) is 1. The Morgan fingerprint density at radius 1 is 1.17 bits per heavy atom. The molecule has 0 saturated heterocycles. The number of carbonyl (C=O) groups is 1. The minimum absolute atomic E-state index is 0.226. The summed E-state index contributed by atoms with van der Waals surface area (Å²) < 4.78 is 13.2. The molecule has 0 unspecified atom stereocenters. The van der Waals surface area contributed by atoms with E-state index in [1.807, 2.05) is 75.4 Å². The number of hydrogen-bond acceptors (Lipinski definition) is 6. The minimum atomic E-state index is -0.463. The quantitative estimate of drug-likeness (QED) is 0.623. The van der Waals surface area contributed by atoms with Crippen LogP contribution in [0, 0.1) is 0 Å². The number of anilines is 1. The minimum Gasteiger partial charge on any atom is -0.489 e. The number of nitrogens with one attached hydrogen (secondary N) is 1. The summed E-state index contributed by atoms with van der Waals surface area (Å²) in [5.74, 6) is 0.914. The molecule has 2 heterocycles. The number of nitrogens with zero attached hydrogens (tertiary/aromatic N) is 3. The van der Waals surface area contributed by atoms with Gasteiger partial charge in [-0.2, -0.15) is 10.1 Å². The number of fused-ring (bicyclic) bond motifs is 1. The Kier molecular flexibility index (Phi) is 5.52. The molecule has 0 amide bonds. The third-order valence-electron chi connectivity index (χ3n) is 4.78. The number of benzene rings is 2. The molecule has 154 valence electrons. The number of rotatable bonds is 6. The van der Waals surface area contributed by atoms with Gasteiger partial charge in [0.05, 0.1) is 11.7 Å². The monoisotopic (exact) mass is 404 g/mol. The van der Waals surface area contributed by atoms with Crippen molar-refractivity contribution in [1.82, 2.24) is 14.8 Å². The molecule has 30 heavy (non-hydrogen) atoms. The summed E-state index contributed by atoms with van der Waals surface area (Å²) in [6.45, 7) is 5.97. The summed E-state index contributed by atoms with van der Waals surface area (Å²) in [5, 5.41) is 7.49. The molecule has 0 fully saturated rings. The van der Waals surface area contributed by atoms with E-state index < -0.39 is 6.04 Å². The van der Waals surface area contributed by atoms with E-state index in [4.69, 9.17) is 9.47 Å². The lowest BCUT2D eigenvalue weighted by atomic mass is 9.95. The van der Waals surface area contributed by atoms with Gasteiger partial charge in [0.15, 0.2) is 0 Å². The summed E-state index contributed by atoms with van der Waals surface area (Å²) in [6, 6.07) is 17.2. The first-order valence-corrected chi connectivity index (χ1v) is 9.88. The Hall–Kier alpha value is -3.61. The third kappa shape index (κ3) is 4.05. The maximum Gasteiger partial charge on any atom is 0.338 e. The Morgan fingerprint density at radius 2 is 1.97 bits per heavy atom. The van der Waals surface area contributed by atoms with Crippen LogP contribution < -0.4 is 10.1 Å². The first-order chi connectivity index (χ1) is 14.5. The Morgan fingerprint density at radius 3 is 2.73 bits per heavy atom. The van der Waals surface area contributed by atoms with Gasteiger partial charge in [-0.25, -0.2) is 9.48 Å². The molecule has 1 aliphatic rings. The van der Waals surface area contributed by atoms with Crippen molar-refractivity contribution < 1.29 is 14.3 Å². The predicted molar refractivity (Wildman–Crippen MR) is 113 cm³/mol. The highest BCUT2D eigenvalue weighted by molar-refractivity contribution is 5.92. The normalized spacial score (nSPS) is 15.5. The Labute approximate surface area is 175 Å². The SMILES string of the molecule is CC1=C(C(=O)OC(C)C)[C@@H](c2cccc(OCc3ccccc3)c2)n2ncnc2N1. The highest BCUT2D eigenvalue weighted by atomic mass is 16.5. The zero-order chi connectivity index (χ0) is 21.1. The second-order valence-electron chi connectivity index (χ2n) is 7.40. The molecule has 7 nitrogen and oxygen atoms in total. The van der Waals surface area contributed by atoms with Gasteiger partial charge < -0.3 is 14.8 Å². The van der Waals surface area contributed by atoms with E-state index in [1.54, 1.807) is 4.68 Å². The van der Waals surface area contributed by atoms with Crippen molar-refractivity contribution in [2.75, 3.05) is 5.32 Å². The van der Waals surface area contributed by atoms with Gasteiger partial charge in [-0.05, 0) is 44.0 Å². The average molecular weight is 404 g/mol. The van der Waals surface area contributed by atoms with Crippen LogP contribution in [-0.4, -0.2) is 26.8 Å². The van der Waals surface area contributed by atoms with Crippen molar-refractivity contribution in [2.24, 2.45) is 0 Å². The molecular formula is C23H24N4O3. The fraction of sp³-hybridized carbons (Fsp3) is 0.261. The molecule has 4 rings (SSSR count). The first-order valence-electron chi connectivity index (χ1n) is 9.88. The van der Waals surface area contributed by atoms with Crippen molar-refractivity contribution in [3.8, 4) is 5.75 Å². The molecule has 3 aromatic rings. The summed E-state index contributed by atoms with van der Waals surface area (Å²) in [5.41, 5.74) is 3.15. The van der Waals surface area contributed by atoms with Crippen LogP contribution in [0.4, 0.5) is 5.95 Å². The maximum atomic E-state index is 12.9. The van der Waals surface area contributed by atoms with E-state index in [0.29, 0.717) is 29.6 Å². The number of ether oxygens (including phenoxy) is 2. The van der Waals surface area contributed by atoms with Crippen LogP contribution in [0.25, 0.3) is 0 Å². The summed E-state index contributed by atoms with van der Waals surface area (Å²) in [7, 11) is 0. The van der Waals surface area contributed by atoms with Crippen LogP contribution in [0.15, 0.2) is 72.2 Å². The van der Waals surface area contributed by atoms with Crippen molar-refractivity contribution in [3.63, 3.8) is 0 Å². The fourth-order valence-corrected chi connectivity index (χ4v) is 3.46. The van der Waals surface area contributed by atoms with Gasteiger partial charge in [0, 0.05) is 5.70 Å². The van der Waals surface area contributed by atoms with Gasteiger partial charge in [0.1, 0.15) is 24.7 Å². The zero-order valence-electron chi connectivity index (χ0n) is 17.2. The lowest BCUT2D eigenvalue weighted by molar-refractivity contribution is -0.143. The van der Waals surface area contributed by atoms with Crippen LogP contribution in [0.2, 0.25) is 0 Å². The molecule has 0 aliphatic carbocycles. The van der Waals surface area contributed by atoms with Crippen molar-refractivity contribution in [2.45, 2.75) is 39.5 Å². The van der Waals surface area contributed by atoms with Gasteiger partial charge in [0.2, 0.25) is 5.95 Å². The molecule has 0 radical (unpaired) electrons. The largest absolute Gasteiger partial charge is 0.489 e. The number of carbonyl (C=O) groups excluding carboxylic acids is 1. The standard InChI is InChI=1S/C23H24N4O3/c1-15(2)30-22(28)20-16(3)26-23-24-14-25-27(23)21(20)18-10-7-11-19(12-18)29-13-17-8-5-4-6-9-17/h4-12,14-15,21H,13H2,1-3H3,(H,24,25,26)/t21-/m1/s1. The molecule has 1 aromatic heterocycles.